The Labute approximate surface area is 180 Å². The minimum Gasteiger partial charge on any atom is -0.294 e. The minimum atomic E-state index is -4.60. The van der Waals surface area contributed by atoms with Gasteiger partial charge in [-0.25, -0.2) is 18.4 Å². The van der Waals surface area contributed by atoms with Crippen molar-refractivity contribution in [3.8, 4) is 0 Å². The summed E-state index contributed by atoms with van der Waals surface area (Å²) >= 11 is 0. The Morgan fingerprint density at radius 2 is 1.72 bits per heavy atom. The smallest absolute Gasteiger partial charge is 0.294 e. The van der Waals surface area contributed by atoms with Crippen LogP contribution in [-0.4, -0.2) is 34.4 Å². The zero-order chi connectivity index (χ0) is 22.9. The third-order valence-electron chi connectivity index (χ3n) is 4.83. The maximum Gasteiger partial charge on any atom is 0.417 e. The van der Waals surface area contributed by atoms with E-state index in [1.807, 2.05) is 0 Å². The van der Waals surface area contributed by atoms with Crippen molar-refractivity contribution < 1.29 is 26.4 Å². The van der Waals surface area contributed by atoms with Crippen molar-refractivity contribution in [3.05, 3.63) is 77.7 Å². The third-order valence-corrected chi connectivity index (χ3v) is 6.51. The number of rotatable bonds is 6. The summed E-state index contributed by atoms with van der Waals surface area (Å²) in [7, 11) is -4.07. The van der Waals surface area contributed by atoms with Gasteiger partial charge in [0, 0.05) is 29.8 Å². The van der Waals surface area contributed by atoms with Gasteiger partial charge in [-0.2, -0.15) is 18.3 Å². The molecule has 0 saturated carbocycles. The van der Waals surface area contributed by atoms with Crippen LogP contribution in [0.25, 0.3) is 11.0 Å². The van der Waals surface area contributed by atoms with Crippen LogP contribution in [0.15, 0.2) is 71.0 Å². The molecule has 0 unspecified atom stereocenters. The number of aryl methyl sites for hydroxylation is 1. The lowest BCUT2D eigenvalue weighted by atomic mass is 10.0. The fourth-order valence-electron chi connectivity index (χ4n) is 3.05. The first-order valence-electron chi connectivity index (χ1n) is 9.34. The molecule has 0 radical (unpaired) electrons. The Kier molecular flexibility index (Phi) is 5.51. The average Bonchev–Trinajstić information content (AvgIpc) is 3.25. The molecular formula is C21H15F3N4O3S. The van der Waals surface area contributed by atoms with Gasteiger partial charge in [0.2, 0.25) is 9.84 Å². The molecule has 1 N–H and O–H groups in total. The summed E-state index contributed by atoms with van der Waals surface area (Å²) < 4.78 is 63.2. The predicted octanol–water partition coefficient (Wildman–Crippen LogP) is 4.02. The van der Waals surface area contributed by atoms with Gasteiger partial charge < -0.3 is 0 Å². The van der Waals surface area contributed by atoms with Crippen LogP contribution < -0.4 is 0 Å². The van der Waals surface area contributed by atoms with Gasteiger partial charge in [0.25, 0.3) is 0 Å². The van der Waals surface area contributed by atoms with E-state index in [1.54, 1.807) is 24.4 Å². The van der Waals surface area contributed by atoms with Gasteiger partial charge >= 0.3 is 6.18 Å². The molecule has 11 heteroatoms. The second-order valence-electron chi connectivity index (χ2n) is 6.99. The number of pyridine rings is 2. The lowest BCUT2D eigenvalue weighted by molar-refractivity contribution is -0.137. The Morgan fingerprint density at radius 1 is 0.969 bits per heavy atom. The molecule has 32 heavy (non-hydrogen) atoms. The van der Waals surface area contributed by atoms with Gasteiger partial charge in [0.05, 0.1) is 16.7 Å². The number of Topliss-reactive ketones (excluding diaryl/α,β-unsaturated/α-hetero) is 1. The molecule has 0 amide bonds. The van der Waals surface area contributed by atoms with Gasteiger partial charge in [0.1, 0.15) is 0 Å². The number of nitrogens with one attached hydrogen (secondary N) is 1. The van der Waals surface area contributed by atoms with Crippen LogP contribution in [0.4, 0.5) is 13.2 Å². The van der Waals surface area contributed by atoms with Crippen molar-refractivity contribution in [3.63, 3.8) is 0 Å². The van der Waals surface area contributed by atoms with Crippen LogP contribution in [0, 0.1) is 0 Å². The molecule has 3 aromatic heterocycles. The summed E-state index contributed by atoms with van der Waals surface area (Å²) in [5, 5.41) is 6.81. The van der Waals surface area contributed by atoms with Crippen LogP contribution in [-0.2, 0) is 22.4 Å². The summed E-state index contributed by atoms with van der Waals surface area (Å²) in [6.45, 7) is 0. The molecule has 4 aromatic rings. The number of H-pyrrole nitrogens is 1. The maximum atomic E-state index is 12.7. The second kappa shape index (κ2) is 8.15. The van der Waals surface area contributed by atoms with E-state index in [2.05, 4.69) is 20.2 Å². The molecule has 164 valence electrons. The summed E-state index contributed by atoms with van der Waals surface area (Å²) in [5.41, 5.74) is 0.737. The first-order chi connectivity index (χ1) is 15.1. The molecule has 3 heterocycles. The molecule has 0 atom stereocenters. The number of benzene rings is 1. The molecule has 0 aliphatic heterocycles. The van der Waals surface area contributed by atoms with E-state index in [1.165, 1.54) is 18.3 Å². The minimum absolute atomic E-state index is 0.102. The second-order valence-corrected chi connectivity index (χ2v) is 8.88. The number of nitrogens with zero attached hydrogens (tertiary/aromatic N) is 3. The van der Waals surface area contributed by atoms with Gasteiger partial charge in [-0.1, -0.05) is 12.1 Å². The summed E-state index contributed by atoms with van der Waals surface area (Å²) in [6.07, 6.45) is -0.505. The van der Waals surface area contributed by atoms with Crippen LogP contribution in [0.5, 0.6) is 0 Å². The van der Waals surface area contributed by atoms with Crippen LogP contribution in [0.3, 0.4) is 0 Å². The molecule has 0 bridgehead atoms. The van der Waals surface area contributed by atoms with Crippen molar-refractivity contribution >= 4 is 26.7 Å². The summed E-state index contributed by atoms with van der Waals surface area (Å²) in [5.74, 6) is -0.119. The number of aromatic amines is 1. The van der Waals surface area contributed by atoms with Crippen LogP contribution >= 0.6 is 0 Å². The van der Waals surface area contributed by atoms with E-state index in [4.69, 9.17) is 0 Å². The van der Waals surface area contributed by atoms with E-state index in [0.29, 0.717) is 29.9 Å². The van der Waals surface area contributed by atoms with Crippen LogP contribution in [0.2, 0.25) is 0 Å². The van der Waals surface area contributed by atoms with E-state index in [0.717, 1.165) is 17.0 Å². The fraction of sp³-hybridized carbons (Fsp3) is 0.143. The number of hydrogen-bond donors (Lipinski definition) is 1. The largest absolute Gasteiger partial charge is 0.417 e. The topological polar surface area (TPSA) is 106 Å². The van der Waals surface area contributed by atoms with Crippen LogP contribution in [0.1, 0.15) is 27.9 Å². The summed E-state index contributed by atoms with van der Waals surface area (Å²) in [6, 6.07) is 9.00. The SMILES string of the molecule is O=C(CCc1ccc(S(=O)(=O)c2ccc(C(F)(F)F)cn2)cc1)c1cnc2[nH]ncc2c1. The summed E-state index contributed by atoms with van der Waals surface area (Å²) in [4.78, 5) is 19.9. The van der Waals surface area contributed by atoms with Crippen molar-refractivity contribution in [2.45, 2.75) is 28.9 Å². The van der Waals surface area contributed by atoms with Gasteiger partial charge in [0.15, 0.2) is 16.5 Å². The van der Waals surface area contributed by atoms with E-state index in [9.17, 15) is 26.4 Å². The van der Waals surface area contributed by atoms with Crippen molar-refractivity contribution in [2.75, 3.05) is 0 Å². The molecule has 1 aromatic carbocycles. The standard InChI is InChI=1S/C21H15F3N4O3S/c22-21(23,24)16-4-8-19(25-12-16)32(30,31)17-5-1-13(2-6-17)3-7-18(29)14-9-15-11-27-28-20(15)26-10-14/h1-2,4-6,8-12H,3,7H2,(H,26,27,28). The van der Waals surface area contributed by atoms with Gasteiger partial charge in [-0.15, -0.1) is 0 Å². The number of hydrogen-bond acceptors (Lipinski definition) is 6. The maximum absolute atomic E-state index is 12.7. The number of aromatic nitrogens is 4. The quantitative estimate of drug-likeness (QED) is 0.436. The number of ketones is 1. The highest BCUT2D eigenvalue weighted by molar-refractivity contribution is 7.91. The Balaban J connectivity index is 1.44. The molecule has 4 rings (SSSR count). The molecule has 0 saturated heterocycles. The Bertz CT molecular complexity index is 1380. The van der Waals surface area contributed by atoms with E-state index >= 15 is 0 Å². The lowest BCUT2D eigenvalue weighted by Crippen LogP contribution is -2.09. The van der Waals surface area contributed by atoms with E-state index in [-0.39, 0.29) is 17.1 Å². The van der Waals surface area contributed by atoms with Gasteiger partial charge in [-0.05, 0) is 42.3 Å². The number of carbonyl (C=O) groups is 1. The van der Waals surface area contributed by atoms with Crippen molar-refractivity contribution in [1.29, 1.82) is 0 Å². The first kappa shape index (κ1) is 21.6. The van der Waals surface area contributed by atoms with Gasteiger partial charge in [-0.3, -0.25) is 9.89 Å². The number of alkyl halides is 3. The number of halogens is 3. The molecule has 0 fully saturated rings. The zero-order valence-electron chi connectivity index (χ0n) is 16.3. The van der Waals surface area contributed by atoms with Crippen molar-refractivity contribution in [2.24, 2.45) is 0 Å². The van der Waals surface area contributed by atoms with E-state index < -0.39 is 26.6 Å². The fourth-order valence-corrected chi connectivity index (χ4v) is 4.23. The first-order valence-corrected chi connectivity index (χ1v) is 10.8. The monoisotopic (exact) mass is 460 g/mol. The highest BCUT2D eigenvalue weighted by atomic mass is 32.2. The Hall–Kier alpha value is -3.60. The predicted molar refractivity (Wildman–Crippen MR) is 108 cm³/mol. The zero-order valence-corrected chi connectivity index (χ0v) is 17.1. The molecular weight excluding hydrogens is 445 g/mol. The average molecular weight is 460 g/mol. The molecule has 0 spiro atoms. The molecule has 7 nitrogen and oxygen atoms in total. The third kappa shape index (κ3) is 4.37. The number of fused-ring (bicyclic) bond motifs is 1. The highest BCUT2D eigenvalue weighted by Gasteiger charge is 2.31. The molecule has 0 aliphatic rings. The number of sulfone groups is 1. The molecule has 0 aliphatic carbocycles. The van der Waals surface area contributed by atoms with Crippen molar-refractivity contribution in [1.82, 2.24) is 20.2 Å². The normalized spacial score (nSPS) is 12.2. The highest BCUT2D eigenvalue weighted by Crippen LogP contribution is 2.29. The lowest BCUT2D eigenvalue weighted by Gasteiger charge is -2.08. The number of carbonyl (C=O) groups excluding carboxylic acids is 1. The Morgan fingerprint density at radius 3 is 2.38 bits per heavy atom.